The molecular weight excluding hydrogens is 264 g/mol. The van der Waals surface area contributed by atoms with Gasteiger partial charge in [0, 0.05) is 51.2 Å². The molecule has 1 N–H and O–H groups in total. The topological polar surface area (TPSA) is 48.5 Å². The molecule has 5 nitrogen and oxygen atoms in total. The van der Waals surface area contributed by atoms with Gasteiger partial charge in [-0.3, -0.25) is 14.7 Å². The lowest BCUT2D eigenvalue weighted by molar-refractivity contribution is -0.137. The maximum Gasteiger partial charge on any atom is 0.244 e. The summed E-state index contributed by atoms with van der Waals surface area (Å²) in [4.78, 5) is 21.2. The molecule has 0 bridgehead atoms. The van der Waals surface area contributed by atoms with Crippen LogP contribution in [-0.4, -0.2) is 59.5 Å². The van der Waals surface area contributed by atoms with Crippen molar-refractivity contribution in [2.75, 3.05) is 32.7 Å². The molecule has 0 radical (unpaired) electrons. The molecule has 5 heteroatoms. The van der Waals surface area contributed by atoms with Gasteiger partial charge in [-0.05, 0) is 38.5 Å². The molecule has 1 aromatic rings. The Labute approximate surface area is 127 Å². The molecule has 116 valence electrons. The van der Waals surface area contributed by atoms with Crippen LogP contribution in [0.2, 0.25) is 0 Å². The number of nitrogens with one attached hydrogen (secondary N) is 1. The number of carbonyl (C=O) groups excluding carboxylic acids is 1. The molecule has 0 aromatic carbocycles. The van der Waals surface area contributed by atoms with Crippen LogP contribution in [0, 0.1) is 0 Å². The van der Waals surface area contributed by atoms with Crippen molar-refractivity contribution in [3.05, 3.63) is 30.1 Å². The predicted molar refractivity (Wildman–Crippen MR) is 83.9 cm³/mol. The summed E-state index contributed by atoms with van der Waals surface area (Å²) < 4.78 is 0. The monoisotopic (exact) mass is 290 g/mol. The van der Waals surface area contributed by atoms with Crippen molar-refractivity contribution in [2.45, 2.75) is 32.9 Å². The van der Waals surface area contributed by atoms with Gasteiger partial charge in [0.25, 0.3) is 0 Å². The van der Waals surface area contributed by atoms with Gasteiger partial charge in [-0.25, -0.2) is 0 Å². The number of carbonyl (C=O) groups is 1. The second kappa shape index (κ2) is 7.52. The highest BCUT2D eigenvalue weighted by Crippen LogP contribution is 2.24. The molecule has 1 fully saturated rings. The van der Waals surface area contributed by atoms with Gasteiger partial charge in [0.1, 0.15) is 6.04 Å². The van der Waals surface area contributed by atoms with E-state index in [1.54, 1.807) is 12.4 Å². The summed E-state index contributed by atoms with van der Waals surface area (Å²) in [6, 6.07) is 4.13. The standard InChI is InChI=1S/C16H26N4O/c1-4-19(5-2)16(21)15(14-6-8-17-9-7-14)20-11-10-18-13(3)12-20/h6-9,13,15,18H,4-5,10-12H2,1-3H3. The van der Waals surface area contributed by atoms with Crippen LogP contribution in [0.3, 0.4) is 0 Å². The van der Waals surface area contributed by atoms with Gasteiger partial charge in [-0.15, -0.1) is 0 Å². The maximum atomic E-state index is 13.0. The SMILES string of the molecule is CCN(CC)C(=O)C(c1ccncc1)N1CCNC(C)C1. The Balaban J connectivity index is 2.28. The van der Waals surface area contributed by atoms with Crippen molar-refractivity contribution in [1.29, 1.82) is 0 Å². The number of pyridine rings is 1. The van der Waals surface area contributed by atoms with E-state index < -0.39 is 0 Å². The molecule has 0 aliphatic carbocycles. The van der Waals surface area contributed by atoms with Crippen molar-refractivity contribution in [3.8, 4) is 0 Å². The van der Waals surface area contributed by atoms with E-state index in [9.17, 15) is 4.79 Å². The molecule has 0 spiro atoms. The lowest BCUT2D eigenvalue weighted by atomic mass is 10.0. The van der Waals surface area contributed by atoms with Crippen LogP contribution >= 0.6 is 0 Å². The van der Waals surface area contributed by atoms with E-state index in [-0.39, 0.29) is 11.9 Å². The van der Waals surface area contributed by atoms with Crippen LogP contribution in [-0.2, 0) is 4.79 Å². The fourth-order valence-corrected chi connectivity index (χ4v) is 2.96. The second-order valence-electron chi connectivity index (χ2n) is 5.54. The summed E-state index contributed by atoms with van der Waals surface area (Å²) in [6.07, 6.45) is 3.53. The van der Waals surface area contributed by atoms with E-state index in [0.717, 1.165) is 38.3 Å². The third-order valence-electron chi connectivity index (χ3n) is 4.10. The highest BCUT2D eigenvalue weighted by Gasteiger charge is 2.32. The molecule has 0 saturated carbocycles. The molecule has 1 amide bonds. The Morgan fingerprint density at radius 2 is 2.10 bits per heavy atom. The number of piperazine rings is 1. The summed E-state index contributed by atoms with van der Waals surface area (Å²) in [5, 5.41) is 3.44. The average molecular weight is 290 g/mol. The van der Waals surface area contributed by atoms with E-state index in [2.05, 4.69) is 22.1 Å². The number of hydrogen-bond acceptors (Lipinski definition) is 4. The average Bonchev–Trinajstić information content (AvgIpc) is 2.50. The van der Waals surface area contributed by atoms with E-state index in [0.29, 0.717) is 6.04 Å². The summed E-state index contributed by atoms with van der Waals surface area (Å²) in [5.41, 5.74) is 1.04. The number of likely N-dealkylation sites (N-methyl/N-ethyl adjacent to an activating group) is 1. The van der Waals surface area contributed by atoms with Gasteiger partial charge in [0.05, 0.1) is 0 Å². The van der Waals surface area contributed by atoms with Gasteiger partial charge in [0.15, 0.2) is 0 Å². The number of nitrogens with zero attached hydrogens (tertiary/aromatic N) is 3. The minimum Gasteiger partial charge on any atom is -0.342 e. The minimum absolute atomic E-state index is 0.195. The van der Waals surface area contributed by atoms with Gasteiger partial charge in [0.2, 0.25) is 5.91 Å². The molecule has 1 saturated heterocycles. The zero-order valence-corrected chi connectivity index (χ0v) is 13.2. The van der Waals surface area contributed by atoms with E-state index in [1.165, 1.54) is 0 Å². The second-order valence-corrected chi connectivity index (χ2v) is 5.54. The van der Waals surface area contributed by atoms with Crippen molar-refractivity contribution in [2.24, 2.45) is 0 Å². The first kappa shape index (κ1) is 15.9. The Bertz CT molecular complexity index is 447. The van der Waals surface area contributed by atoms with Gasteiger partial charge in [-0.2, -0.15) is 0 Å². The first-order valence-corrected chi connectivity index (χ1v) is 7.83. The van der Waals surface area contributed by atoms with Gasteiger partial charge < -0.3 is 10.2 Å². The number of aromatic nitrogens is 1. The largest absolute Gasteiger partial charge is 0.342 e. The lowest BCUT2D eigenvalue weighted by Crippen LogP contribution is -2.53. The summed E-state index contributed by atoms with van der Waals surface area (Å²) in [7, 11) is 0. The first-order valence-electron chi connectivity index (χ1n) is 7.83. The zero-order chi connectivity index (χ0) is 15.2. The lowest BCUT2D eigenvalue weighted by Gasteiger charge is -2.39. The molecular formula is C16H26N4O. The highest BCUT2D eigenvalue weighted by atomic mass is 16.2. The van der Waals surface area contributed by atoms with Crippen LogP contribution in [0.1, 0.15) is 32.4 Å². The van der Waals surface area contributed by atoms with E-state index in [1.807, 2.05) is 30.9 Å². The number of hydrogen-bond donors (Lipinski definition) is 1. The normalized spacial score (nSPS) is 21.0. The van der Waals surface area contributed by atoms with Gasteiger partial charge in [-0.1, -0.05) is 0 Å². The maximum absolute atomic E-state index is 13.0. The van der Waals surface area contributed by atoms with Gasteiger partial charge >= 0.3 is 0 Å². The van der Waals surface area contributed by atoms with Crippen molar-refractivity contribution >= 4 is 5.91 Å². The molecule has 2 rings (SSSR count). The Morgan fingerprint density at radius 1 is 1.43 bits per heavy atom. The number of rotatable bonds is 5. The van der Waals surface area contributed by atoms with Crippen molar-refractivity contribution in [1.82, 2.24) is 20.1 Å². The quantitative estimate of drug-likeness (QED) is 0.887. The molecule has 21 heavy (non-hydrogen) atoms. The Kier molecular flexibility index (Phi) is 5.70. The molecule has 1 aliphatic heterocycles. The third kappa shape index (κ3) is 3.80. The molecule has 1 aromatic heterocycles. The van der Waals surface area contributed by atoms with Crippen molar-refractivity contribution < 1.29 is 4.79 Å². The predicted octanol–water partition coefficient (Wildman–Crippen LogP) is 1.28. The Hall–Kier alpha value is -1.46. The summed E-state index contributed by atoms with van der Waals surface area (Å²) in [6.45, 7) is 10.4. The fourth-order valence-electron chi connectivity index (χ4n) is 2.96. The molecule has 1 aliphatic rings. The molecule has 2 heterocycles. The number of amides is 1. The van der Waals surface area contributed by atoms with Crippen LogP contribution in [0.25, 0.3) is 0 Å². The van der Waals surface area contributed by atoms with Crippen LogP contribution in [0.5, 0.6) is 0 Å². The van der Waals surface area contributed by atoms with Crippen LogP contribution in [0.4, 0.5) is 0 Å². The first-order chi connectivity index (χ1) is 10.2. The summed E-state index contributed by atoms with van der Waals surface area (Å²) >= 11 is 0. The van der Waals surface area contributed by atoms with Crippen molar-refractivity contribution in [3.63, 3.8) is 0 Å². The Morgan fingerprint density at radius 3 is 2.67 bits per heavy atom. The van der Waals surface area contributed by atoms with E-state index in [4.69, 9.17) is 0 Å². The molecule has 2 atom stereocenters. The van der Waals surface area contributed by atoms with Crippen LogP contribution < -0.4 is 5.32 Å². The fraction of sp³-hybridized carbons (Fsp3) is 0.625. The van der Waals surface area contributed by atoms with E-state index >= 15 is 0 Å². The zero-order valence-electron chi connectivity index (χ0n) is 13.2. The summed E-state index contributed by atoms with van der Waals surface area (Å²) in [5.74, 6) is 0.195. The highest BCUT2D eigenvalue weighted by molar-refractivity contribution is 5.83. The minimum atomic E-state index is -0.197. The van der Waals surface area contributed by atoms with Crippen LogP contribution in [0.15, 0.2) is 24.5 Å². The molecule has 2 unspecified atom stereocenters. The smallest absolute Gasteiger partial charge is 0.244 e. The third-order valence-corrected chi connectivity index (χ3v) is 4.10.